The molecule has 0 spiro atoms. The zero-order valence-corrected chi connectivity index (χ0v) is 8.75. The maximum atomic E-state index is 5.79. The summed E-state index contributed by atoms with van der Waals surface area (Å²) in [5, 5.41) is 3.83. The van der Waals surface area contributed by atoms with Crippen LogP contribution in [0, 0.1) is 0 Å². The predicted molar refractivity (Wildman–Crippen MR) is 61.8 cm³/mol. The maximum absolute atomic E-state index is 5.79. The maximum Gasteiger partial charge on any atom is 0.0922 e. The molecule has 0 saturated carbocycles. The molecule has 0 aliphatic carbocycles. The number of nitrogen functional groups attached to an aromatic ring is 1. The molecular weight excluding hydrogens is 212 g/mol. The Morgan fingerprint density at radius 1 is 1.47 bits per heavy atom. The van der Waals surface area contributed by atoms with Gasteiger partial charge in [0, 0.05) is 11.2 Å². The number of rotatable bonds is 3. The SMILES string of the molecule is Nc1cc(Cl)ccc1NCc1cnc[nH]1. The summed E-state index contributed by atoms with van der Waals surface area (Å²) in [5.41, 5.74) is 8.30. The first-order valence-corrected chi connectivity index (χ1v) is 4.89. The van der Waals surface area contributed by atoms with Crippen LogP contribution in [-0.4, -0.2) is 9.97 Å². The van der Waals surface area contributed by atoms with E-state index >= 15 is 0 Å². The van der Waals surface area contributed by atoms with E-state index in [1.54, 1.807) is 24.7 Å². The normalized spacial score (nSPS) is 10.2. The zero-order chi connectivity index (χ0) is 10.7. The van der Waals surface area contributed by atoms with Crippen LogP contribution in [0.4, 0.5) is 11.4 Å². The van der Waals surface area contributed by atoms with E-state index in [-0.39, 0.29) is 0 Å². The number of hydrogen-bond donors (Lipinski definition) is 3. The quantitative estimate of drug-likeness (QED) is 0.698. The van der Waals surface area contributed by atoms with Crippen molar-refractivity contribution in [3.63, 3.8) is 0 Å². The van der Waals surface area contributed by atoms with Gasteiger partial charge < -0.3 is 16.0 Å². The molecule has 1 aromatic carbocycles. The van der Waals surface area contributed by atoms with Crippen molar-refractivity contribution in [2.75, 3.05) is 11.1 Å². The molecule has 0 bridgehead atoms. The van der Waals surface area contributed by atoms with Gasteiger partial charge in [0.05, 0.1) is 29.9 Å². The highest BCUT2D eigenvalue weighted by molar-refractivity contribution is 6.31. The number of halogens is 1. The molecule has 2 rings (SSSR count). The lowest BCUT2D eigenvalue weighted by atomic mass is 10.2. The smallest absolute Gasteiger partial charge is 0.0922 e. The van der Waals surface area contributed by atoms with Gasteiger partial charge in [-0.2, -0.15) is 0 Å². The molecule has 4 nitrogen and oxygen atoms in total. The Kier molecular flexibility index (Phi) is 2.78. The Hall–Kier alpha value is -1.68. The van der Waals surface area contributed by atoms with E-state index in [1.165, 1.54) is 0 Å². The van der Waals surface area contributed by atoms with Crippen LogP contribution in [0.5, 0.6) is 0 Å². The van der Waals surface area contributed by atoms with Gasteiger partial charge in [-0.05, 0) is 18.2 Å². The van der Waals surface area contributed by atoms with Crippen LogP contribution in [-0.2, 0) is 6.54 Å². The molecule has 5 heteroatoms. The van der Waals surface area contributed by atoms with Crippen LogP contribution >= 0.6 is 11.6 Å². The molecule has 0 fully saturated rings. The Morgan fingerprint density at radius 2 is 2.33 bits per heavy atom. The largest absolute Gasteiger partial charge is 0.397 e. The topological polar surface area (TPSA) is 66.7 Å². The van der Waals surface area contributed by atoms with Gasteiger partial charge in [-0.3, -0.25) is 0 Å². The second-order valence-electron chi connectivity index (χ2n) is 3.16. The van der Waals surface area contributed by atoms with Crippen LogP contribution in [0.25, 0.3) is 0 Å². The molecule has 0 atom stereocenters. The summed E-state index contributed by atoms with van der Waals surface area (Å²) in [5.74, 6) is 0. The van der Waals surface area contributed by atoms with Crippen LogP contribution in [0.1, 0.15) is 5.69 Å². The van der Waals surface area contributed by atoms with Gasteiger partial charge >= 0.3 is 0 Å². The summed E-state index contributed by atoms with van der Waals surface area (Å²) in [6.07, 6.45) is 3.40. The fourth-order valence-electron chi connectivity index (χ4n) is 1.27. The van der Waals surface area contributed by atoms with Crippen molar-refractivity contribution in [1.82, 2.24) is 9.97 Å². The Bertz CT molecular complexity index is 439. The molecule has 1 heterocycles. The molecule has 15 heavy (non-hydrogen) atoms. The van der Waals surface area contributed by atoms with Gasteiger partial charge in [0.25, 0.3) is 0 Å². The van der Waals surface area contributed by atoms with E-state index in [4.69, 9.17) is 17.3 Å². The molecule has 78 valence electrons. The van der Waals surface area contributed by atoms with E-state index in [0.717, 1.165) is 11.4 Å². The first-order valence-electron chi connectivity index (χ1n) is 4.52. The van der Waals surface area contributed by atoms with Crippen molar-refractivity contribution in [3.05, 3.63) is 41.4 Å². The second-order valence-corrected chi connectivity index (χ2v) is 3.60. The van der Waals surface area contributed by atoms with E-state index in [1.807, 2.05) is 6.07 Å². The number of imidazole rings is 1. The van der Waals surface area contributed by atoms with E-state index in [2.05, 4.69) is 15.3 Å². The van der Waals surface area contributed by atoms with Crippen molar-refractivity contribution in [2.45, 2.75) is 6.54 Å². The molecule has 0 amide bonds. The zero-order valence-electron chi connectivity index (χ0n) is 8.00. The molecule has 0 aliphatic heterocycles. The summed E-state index contributed by atoms with van der Waals surface area (Å²) in [7, 11) is 0. The molecule has 2 aromatic rings. The number of nitrogens with zero attached hydrogens (tertiary/aromatic N) is 1. The van der Waals surface area contributed by atoms with Gasteiger partial charge in [0.1, 0.15) is 0 Å². The van der Waals surface area contributed by atoms with Crippen LogP contribution in [0.15, 0.2) is 30.7 Å². The van der Waals surface area contributed by atoms with Gasteiger partial charge in [0.2, 0.25) is 0 Å². The minimum atomic E-state index is 0.639. The molecule has 0 saturated heterocycles. The van der Waals surface area contributed by atoms with Gasteiger partial charge in [-0.15, -0.1) is 0 Å². The van der Waals surface area contributed by atoms with E-state index in [9.17, 15) is 0 Å². The standard InChI is InChI=1S/C10H11ClN4/c11-7-1-2-10(9(12)3-7)14-5-8-4-13-6-15-8/h1-4,6,14H,5,12H2,(H,13,15). The number of hydrogen-bond acceptors (Lipinski definition) is 3. The van der Waals surface area contributed by atoms with Gasteiger partial charge in [-0.1, -0.05) is 11.6 Å². The first-order chi connectivity index (χ1) is 7.25. The number of H-pyrrole nitrogens is 1. The molecule has 0 aliphatic rings. The van der Waals surface area contributed by atoms with E-state index < -0.39 is 0 Å². The third kappa shape index (κ3) is 2.41. The van der Waals surface area contributed by atoms with Crippen molar-refractivity contribution in [3.8, 4) is 0 Å². The lowest BCUT2D eigenvalue weighted by Gasteiger charge is -2.08. The first kappa shape index (κ1) is 9.86. The summed E-state index contributed by atoms with van der Waals surface area (Å²) in [6.45, 7) is 0.659. The summed E-state index contributed by atoms with van der Waals surface area (Å²) >= 11 is 5.79. The van der Waals surface area contributed by atoms with Crippen LogP contribution < -0.4 is 11.1 Å². The molecular formula is C10H11ClN4. The number of aromatic amines is 1. The summed E-state index contributed by atoms with van der Waals surface area (Å²) < 4.78 is 0. The Morgan fingerprint density at radius 3 is 3.00 bits per heavy atom. The van der Waals surface area contributed by atoms with Crippen molar-refractivity contribution < 1.29 is 0 Å². The third-order valence-corrected chi connectivity index (χ3v) is 2.27. The Labute approximate surface area is 92.5 Å². The third-order valence-electron chi connectivity index (χ3n) is 2.04. The minimum absolute atomic E-state index is 0.639. The number of nitrogens with two attached hydrogens (primary N) is 1. The lowest BCUT2D eigenvalue weighted by Crippen LogP contribution is -2.02. The van der Waals surface area contributed by atoms with Crippen LogP contribution in [0.2, 0.25) is 5.02 Å². The highest BCUT2D eigenvalue weighted by Gasteiger charge is 1.99. The average Bonchev–Trinajstić information content (AvgIpc) is 2.69. The average molecular weight is 223 g/mol. The van der Waals surface area contributed by atoms with E-state index in [0.29, 0.717) is 17.3 Å². The molecule has 4 N–H and O–H groups in total. The number of nitrogens with one attached hydrogen (secondary N) is 2. The highest BCUT2D eigenvalue weighted by atomic mass is 35.5. The summed E-state index contributed by atoms with van der Waals surface area (Å²) in [6, 6.07) is 5.37. The lowest BCUT2D eigenvalue weighted by molar-refractivity contribution is 1.07. The molecule has 1 aromatic heterocycles. The van der Waals surface area contributed by atoms with Gasteiger partial charge in [-0.25, -0.2) is 4.98 Å². The number of benzene rings is 1. The van der Waals surface area contributed by atoms with Crippen molar-refractivity contribution in [1.29, 1.82) is 0 Å². The van der Waals surface area contributed by atoms with Crippen LogP contribution in [0.3, 0.4) is 0 Å². The second kappa shape index (κ2) is 4.23. The minimum Gasteiger partial charge on any atom is -0.397 e. The molecule has 0 radical (unpaired) electrons. The molecule has 0 unspecified atom stereocenters. The highest BCUT2D eigenvalue weighted by Crippen LogP contribution is 2.22. The fourth-order valence-corrected chi connectivity index (χ4v) is 1.45. The number of anilines is 2. The predicted octanol–water partition coefficient (Wildman–Crippen LogP) is 2.26. The number of aromatic nitrogens is 2. The summed E-state index contributed by atoms with van der Waals surface area (Å²) in [4.78, 5) is 6.92. The van der Waals surface area contributed by atoms with Crippen molar-refractivity contribution >= 4 is 23.0 Å². The Balaban J connectivity index is 2.05. The van der Waals surface area contributed by atoms with Crippen molar-refractivity contribution in [2.24, 2.45) is 0 Å². The monoisotopic (exact) mass is 222 g/mol. The fraction of sp³-hybridized carbons (Fsp3) is 0.100. The van der Waals surface area contributed by atoms with Gasteiger partial charge in [0.15, 0.2) is 0 Å².